The molecule has 0 N–H and O–H groups in total. The molecule has 0 radical (unpaired) electrons. The molecule has 2 aliphatic carbocycles. The van der Waals surface area contributed by atoms with Crippen molar-refractivity contribution in [1.82, 2.24) is 0 Å². The van der Waals surface area contributed by atoms with Gasteiger partial charge in [-0.15, -0.1) is 0 Å². The second-order valence-electron chi connectivity index (χ2n) is 3.75. The molecule has 0 aromatic heterocycles. The van der Waals surface area contributed by atoms with E-state index in [9.17, 15) is 4.79 Å². The normalized spacial score (nSPS) is 56.6. The van der Waals surface area contributed by atoms with Crippen LogP contribution in [0, 0.1) is 11.8 Å². The highest BCUT2D eigenvalue weighted by molar-refractivity contribution is 5.81. The number of hydrogen-bond acceptors (Lipinski definition) is 2. The largest absolute Gasteiger partial charge is 0.369 e. The molecule has 3 aliphatic rings. The summed E-state index contributed by atoms with van der Waals surface area (Å²) in [4.78, 5) is 11.0. The number of epoxide rings is 1. The molecule has 0 aromatic rings. The van der Waals surface area contributed by atoms with Gasteiger partial charge in [0.25, 0.3) is 0 Å². The van der Waals surface area contributed by atoms with Crippen LogP contribution < -0.4 is 0 Å². The molecule has 1 saturated heterocycles. The number of ether oxygens (including phenoxy) is 1. The summed E-state index contributed by atoms with van der Waals surface area (Å²) in [7, 11) is 0. The van der Waals surface area contributed by atoms with Crippen LogP contribution in [0.1, 0.15) is 19.3 Å². The van der Waals surface area contributed by atoms with Crippen LogP contribution in [0.3, 0.4) is 0 Å². The molecule has 0 aromatic carbocycles. The molecule has 4 atom stereocenters. The number of rotatable bonds is 0. The summed E-state index contributed by atoms with van der Waals surface area (Å²) in [5.41, 5.74) is 0. The van der Waals surface area contributed by atoms with Gasteiger partial charge in [-0.25, -0.2) is 0 Å². The standard InChI is InChI=1S/C8H10O2/c9-5-1-4-2-7-8(10-7)6(4)3-5/h4,6-8H,1-3H2/t4-,6+,7+,8-/m1/s1. The Labute approximate surface area is 59.6 Å². The third-order valence-electron chi connectivity index (χ3n) is 3.14. The van der Waals surface area contributed by atoms with Crippen molar-refractivity contribution in [3.05, 3.63) is 0 Å². The van der Waals surface area contributed by atoms with E-state index < -0.39 is 0 Å². The maximum absolute atomic E-state index is 11.0. The van der Waals surface area contributed by atoms with Gasteiger partial charge in [-0.3, -0.25) is 4.79 Å². The van der Waals surface area contributed by atoms with E-state index >= 15 is 0 Å². The monoisotopic (exact) mass is 138 g/mol. The van der Waals surface area contributed by atoms with Gasteiger partial charge < -0.3 is 4.74 Å². The SMILES string of the molecule is O=C1C[C@@H]2C[C@@H]3O[C@@H]3[C@H]2C1. The molecule has 54 valence electrons. The summed E-state index contributed by atoms with van der Waals surface area (Å²) >= 11 is 0. The quantitative estimate of drug-likeness (QED) is 0.462. The van der Waals surface area contributed by atoms with Crippen molar-refractivity contribution < 1.29 is 9.53 Å². The summed E-state index contributed by atoms with van der Waals surface area (Å²) in [6.07, 6.45) is 3.88. The Balaban J connectivity index is 1.88. The Morgan fingerprint density at radius 1 is 1.40 bits per heavy atom. The molecule has 1 aliphatic heterocycles. The zero-order valence-electron chi connectivity index (χ0n) is 5.75. The van der Waals surface area contributed by atoms with Crippen LogP contribution in [0.2, 0.25) is 0 Å². The topological polar surface area (TPSA) is 29.6 Å². The average molecular weight is 138 g/mol. The molecule has 2 nitrogen and oxygen atoms in total. The van der Waals surface area contributed by atoms with E-state index in [1.165, 1.54) is 6.42 Å². The van der Waals surface area contributed by atoms with E-state index in [-0.39, 0.29) is 0 Å². The van der Waals surface area contributed by atoms with Crippen molar-refractivity contribution in [3.8, 4) is 0 Å². The number of carbonyl (C=O) groups is 1. The van der Waals surface area contributed by atoms with Crippen molar-refractivity contribution in [2.24, 2.45) is 11.8 Å². The van der Waals surface area contributed by atoms with Crippen LogP contribution in [0.25, 0.3) is 0 Å². The maximum Gasteiger partial charge on any atom is 0.133 e. The Morgan fingerprint density at radius 3 is 3.10 bits per heavy atom. The van der Waals surface area contributed by atoms with E-state index in [4.69, 9.17) is 4.74 Å². The first-order chi connectivity index (χ1) is 4.84. The van der Waals surface area contributed by atoms with Crippen LogP contribution >= 0.6 is 0 Å². The van der Waals surface area contributed by atoms with Crippen molar-refractivity contribution in [1.29, 1.82) is 0 Å². The third kappa shape index (κ3) is 0.511. The predicted octanol–water partition coefficient (Wildman–Crippen LogP) is 0.753. The first-order valence-corrected chi connectivity index (χ1v) is 4.02. The number of ketones is 1. The van der Waals surface area contributed by atoms with Gasteiger partial charge in [0.05, 0.1) is 12.2 Å². The zero-order chi connectivity index (χ0) is 6.72. The van der Waals surface area contributed by atoms with Crippen LogP contribution in [0.5, 0.6) is 0 Å². The van der Waals surface area contributed by atoms with Gasteiger partial charge in [-0.1, -0.05) is 0 Å². The third-order valence-corrected chi connectivity index (χ3v) is 3.14. The molecule has 3 fully saturated rings. The molecule has 0 bridgehead atoms. The predicted molar refractivity (Wildman–Crippen MR) is 34.5 cm³/mol. The Morgan fingerprint density at radius 2 is 2.30 bits per heavy atom. The minimum absolute atomic E-state index is 0.462. The minimum Gasteiger partial charge on any atom is -0.369 e. The molecular formula is C8H10O2. The molecule has 1 heterocycles. The zero-order valence-corrected chi connectivity index (χ0v) is 5.75. The average Bonchev–Trinajstić information content (AvgIpc) is 2.40. The van der Waals surface area contributed by atoms with Crippen LogP contribution in [0.15, 0.2) is 0 Å². The lowest BCUT2D eigenvalue weighted by Crippen LogP contribution is -2.06. The summed E-state index contributed by atoms with van der Waals surface area (Å²) in [5, 5.41) is 0. The van der Waals surface area contributed by atoms with Crippen molar-refractivity contribution in [2.45, 2.75) is 31.5 Å². The maximum atomic E-state index is 11.0. The molecule has 10 heavy (non-hydrogen) atoms. The number of hydrogen-bond donors (Lipinski definition) is 0. The van der Waals surface area contributed by atoms with E-state index in [1.807, 2.05) is 0 Å². The molecule has 0 unspecified atom stereocenters. The van der Waals surface area contributed by atoms with E-state index in [0.29, 0.717) is 29.8 Å². The van der Waals surface area contributed by atoms with Crippen LogP contribution in [-0.2, 0) is 9.53 Å². The highest BCUT2D eigenvalue weighted by Gasteiger charge is 2.58. The fourth-order valence-electron chi connectivity index (χ4n) is 2.62. The lowest BCUT2D eigenvalue weighted by Gasteiger charge is -2.08. The fraction of sp³-hybridized carbons (Fsp3) is 0.875. The van der Waals surface area contributed by atoms with Crippen LogP contribution in [-0.4, -0.2) is 18.0 Å². The van der Waals surface area contributed by atoms with Crippen molar-refractivity contribution >= 4 is 5.78 Å². The molecule has 2 heteroatoms. The number of carbonyl (C=O) groups excluding carboxylic acids is 1. The van der Waals surface area contributed by atoms with E-state index in [0.717, 1.165) is 12.8 Å². The van der Waals surface area contributed by atoms with Gasteiger partial charge in [0.2, 0.25) is 0 Å². The molecular weight excluding hydrogens is 128 g/mol. The van der Waals surface area contributed by atoms with Crippen LogP contribution in [0.4, 0.5) is 0 Å². The lowest BCUT2D eigenvalue weighted by molar-refractivity contribution is -0.117. The fourth-order valence-corrected chi connectivity index (χ4v) is 2.62. The Hall–Kier alpha value is -0.370. The number of fused-ring (bicyclic) bond motifs is 3. The minimum atomic E-state index is 0.462. The van der Waals surface area contributed by atoms with Gasteiger partial charge in [0.1, 0.15) is 5.78 Å². The molecule has 3 rings (SSSR count). The van der Waals surface area contributed by atoms with Crippen molar-refractivity contribution in [3.63, 3.8) is 0 Å². The van der Waals surface area contributed by atoms with Gasteiger partial charge in [-0.2, -0.15) is 0 Å². The Kier molecular flexibility index (Phi) is 0.768. The molecule has 0 spiro atoms. The highest BCUT2D eigenvalue weighted by Crippen LogP contribution is 2.52. The summed E-state index contributed by atoms with van der Waals surface area (Å²) in [5.74, 6) is 1.79. The van der Waals surface area contributed by atoms with Gasteiger partial charge in [-0.05, 0) is 18.3 Å². The summed E-state index contributed by atoms with van der Waals surface area (Å²) in [6, 6.07) is 0. The molecule has 0 amide bonds. The second-order valence-corrected chi connectivity index (χ2v) is 3.75. The first-order valence-electron chi connectivity index (χ1n) is 4.02. The number of Topliss-reactive ketones (excluding diaryl/α,β-unsaturated/α-hetero) is 1. The highest BCUT2D eigenvalue weighted by atomic mass is 16.6. The van der Waals surface area contributed by atoms with Gasteiger partial charge in [0.15, 0.2) is 0 Å². The Bertz CT molecular complexity index is 199. The lowest BCUT2D eigenvalue weighted by atomic mass is 10.00. The van der Waals surface area contributed by atoms with Crippen molar-refractivity contribution in [2.75, 3.05) is 0 Å². The molecule has 2 saturated carbocycles. The smallest absolute Gasteiger partial charge is 0.133 e. The van der Waals surface area contributed by atoms with E-state index in [1.54, 1.807) is 0 Å². The van der Waals surface area contributed by atoms with Gasteiger partial charge in [0, 0.05) is 12.8 Å². The first kappa shape index (κ1) is 5.30. The van der Waals surface area contributed by atoms with E-state index in [2.05, 4.69) is 0 Å². The summed E-state index contributed by atoms with van der Waals surface area (Å²) in [6.45, 7) is 0. The summed E-state index contributed by atoms with van der Waals surface area (Å²) < 4.78 is 5.36. The van der Waals surface area contributed by atoms with Gasteiger partial charge >= 0.3 is 0 Å². The second kappa shape index (κ2) is 1.45.